The standard InChI is InChI=1S/C27H32Cl2N4O3/c1-5-6-15-32(26(35)18-36-22-13-9-20(29)10-14-22)17-25(34)30-24-16-23(27(2,3)4)31-33(24)21-11-7-19(28)8-12-21/h7-14,16H,5-6,15,17-18H2,1-4H3,(H,30,34). The SMILES string of the molecule is CCCCN(CC(=O)Nc1cc(C(C)(C)C)nn1-c1ccc(Cl)cc1)C(=O)COc1ccc(Cl)cc1. The number of carbonyl (C=O) groups is 2. The minimum Gasteiger partial charge on any atom is -0.484 e. The van der Waals surface area contributed by atoms with E-state index in [4.69, 9.17) is 33.0 Å². The molecule has 36 heavy (non-hydrogen) atoms. The quantitative estimate of drug-likeness (QED) is 0.342. The molecule has 0 saturated carbocycles. The number of halogens is 2. The number of amides is 2. The summed E-state index contributed by atoms with van der Waals surface area (Å²) in [6, 6.07) is 15.9. The maximum absolute atomic E-state index is 13.1. The van der Waals surface area contributed by atoms with Crippen molar-refractivity contribution in [2.45, 2.75) is 46.0 Å². The summed E-state index contributed by atoms with van der Waals surface area (Å²) in [5.74, 6) is 0.471. The Morgan fingerprint density at radius 2 is 1.64 bits per heavy atom. The fourth-order valence-electron chi connectivity index (χ4n) is 3.38. The van der Waals surface area contributed by atoms with Crippen LogP contribution in [0.2, 0.25) is 10.0 Å². The molecule has 0 saturated heterocycles. The lowest BCUT2D eigenvalue weighted by Gasteiger charge is -2.22. The molecule has 3 rings (SSSR count). The van der Waals surface area contributed by atoms with Gasteiger partial charge in [-0.2, -0.15) is 5.10 Å². The van der Waals surface area contributed by atoms with E-state index in [0.717, 1.165) is 24.2 Å². The van der Waals surface area contributed by atoms with Gasteiger partial charge in [0, 0.05) is 28.1 Å². The lowest BCUT2D eigenvalue weighted by atomic mass is 9.92. The maximum Gasteiger partial charge on any atom is 0.260 e. The molecule has 2 amide bonds. The minimum atomic E-state index is -0.318. The Bertz CT molecular complexity index is 1170. The van der Waals surface area contributed by atoms with E-state index in [1.807, 2.05) is 25.1 Å². The third kappa shape index (κ3) is 7.73. The molecule has 0 aliphatic heterocycles. The molecule has 0 fully saturated rings. The van der Waals surface area contributed by atoms with Gasteiger partial charge in [0.2, 0.25) is 5.91 Å². The largest absolute Gasteiger partial charge is 0.484 e. The van der Waals surface area contributed by atoms with Gasteiger partial charge in [0.15, 0.2) is 6.61 Å². The van der Waals surface area contributed by atoms with E-state index in [-0.39, 0.29) is 30.4 Å². The summed E-state index contributed by atoms with van der Waals surface area (Å²) in [5, 5.41) is 8.85. The van der Waals surface area contributed by atoms with Crippen molar-refractivity contribution in [2.24, 2.45) is 0 Å². The second-order valence-electron chi connectivity index (χ2n) is 9.51. The van der Waals surface area contributed by atoms with Crippen molar-refractivity contribution in [2.75, 3.05) is 25.0 Å². The predicted octanol–water partition coefficient (Wildman–Crippen LogP) is 6.12. The first kappa shape index (κ1) is 27.6. The maximum atomic E-state index is 13.1. The van der Waals surface area contributed by atoms with Gasteiger partial charge in [0.05, 0.1) is 11.4 Å². The number of unbranched alkanes of at least 4 members (excludes halogenated alkanes) is 1. The van der Waals surface area contributed by atoms with E-state index in [1.165, 1.54) is 4.90 Å². The number of aromatic nitrogens is 2. The Morgan fingerprint density at radius 1 is 1.03 bits per heavy atom. The average Bonchev–Trinajstić information content (AvgIpc) is 3.26. The average molecular weight is 531 g/mol. The van der Waals surface area contributed by atoms with Crippen LogP contribution in [0.3, 0.4) is 0 Å². The first-order valence-corrected chi connectivity index (χ1v) is 12.6. The summed E-state index contributed by atoms with van der Waals surface area (Å²) >= 11 is 12.0. The van der Waals surface area contributed by atoms with Gasteiger partial charge in [-0.1, -0.05) is 57.3 Å². The van der Waals surface area contributed by atoms with Crippen molar-refractivity contribution >= 4 is 40.8 Å². The Morgan fingerprint density at radius 3 is 2.22 bits per heavy atom. The zero-order valence-corrected chi connectivity index (χ0v) is 22.6. The number of rotatable bonds is 10. The van der Waals surface area contributed by atoms with E-state index in [2.05, 4.69) is 26.1 Å². The highest BCUT2D eigenvalue weighted by atomic mass is 35.5. The Labute approximate surface area is 222 Å². The number of benzene rings is 2. The van der Waals surface area contributed by atoms with Crippen LogP contribution < -0.4 is 10.1 Å². The fourth-order valence-corrected chi connectivity index (χ4v) is 3.63. The van der Waals surface area contributed by atoms with Gasteiger partial charge in [0.1, 0.15) is 18.1 Å². The van der Waals surface area contributed by atoms with Crippen LogP contribution in [0, 0.1) is 0 Å². The predicted molar refractivity (Wildman–Crippen MR) is 144 cm³/mol. The molecule has 0 radical (unpaired) electrons. The number of carbonyl (C=O) groups excluding carboxylic acids is 2. The van der Waals surface area contributed by atoms with Crippen molar-refractivity contribution in [1.82, 2.24) is 14.7 Å². The van der Waals surface area contributed by atoms with Gasteiger partial charge in [-0.15, -0.1) is 0 Å². The van der Waals surface area contributed by atoms with Gasteiger partial charge in [-0.25, -0.2) is 4.68 Å². The number of anilines is 1. The van der Waals surface area contributed by atoms with Crippen molar-refractivity contribution in [3.63, 3.8) is 0 Å². The Kier molecular flexibility index (Phi) is 9.40. The summed E-state index contributed by atoms with van der Waals surface area (Å²) < 4.78 is 7.28. The molecule has 0 aliphatic carbocycles. The van der Waals surface area contributed by atoms with Gasteiger partial charge in [-0.3, -0.25) is 9.59 Å². The monoisotopic (exact) mass is 530 g/mol. The highest BCUT2D eigenvalue weighted by Gasteiger charge is 2.23. The molecule has 7 nitrogen and oxygen atoms in total. The van der Waals surface area contributed by atoms with Gasteiger partial charge >= 0.3 is 0 Å². The molecular formula is C27H32Cl2N4O3. The van der Waals surface area contributed by atoms with Crippen LogP contribution in [-0.4, -0.2) is 46.2 Å². The lowest BCUT2D eigenvalue weighted by Crippen LogP contribution is -2.41. The molecule has 1 aromatic heterocycles. The fraction of sp³-hybridized carbons (Fsp3) is 0.370. The van der Waals surface area contributed by atoms with Crippen LogP contribution in [0.5, 0.6) is 5.75 Å². The molecule has 9 heteroatoms. The van der Waals surface area contributed by atoms with Crippen LogP contribution in [0.1, 0.15) is 46.2 Å². The van der Waals surface area contributed by atoms with E-state index in [9.17, 15) is 9.59 Å². The second-order valence-corrected chi connectivity index (χ2v) is 10.4. The van der Waals surface area contributed by atoms with E-state index >= 15 is 0 Å². The number of hydrogen-bond acceptors (Lipinski definition) is 4. The summed E-state index contributed by atoms with van der Waals surface area (Å²) in [4.78, 5) is 27.5. The molecule has 0 aliphatic rings. The normalized spacial score (nSPS) is 11.3. The van der Waals surface area contributed by atoms with Crippen molar-refractivity contribution in [1.29, 1.82) is 0 Å². The van der Waals surface area contributed by atoms with Crippen LogP contribution in [0.15, 0.2) is 54.6 Å². The number of hydrogen-bond donors (Lipinski definition) is 1. The molecule has 1 N–H and O–H groups in total. The van der Waals surface area contributed by atoms with Crippen molar-refractivity contribution in [3.8, 4) is 11.4 Å². The molecule has 0 spiro atoms. The number of nitrogens with zero attached hydrogens (tertiary/aromatic N) is 3. The highest BCUT2D eigenvalue weighted by molar-refractivity contribution is 6.30. The lowest BCUT2D eigenvalue weighted by molar-refractivity contribution is -0.136. The molecule has 3 aromatic rings. The third-order valence-corrected chi connectivity index (χ3v) is 5.97. The van der Waals surface area contributed by atoms with Crippen molar-refractivity contribution in [3.05, 3.63) is 70.3 Å². The summed E-state index contributed by atoms with van der Waals surface area (Å²) in [5.41, 5.74) is 1.36. The first-order chi connectivity index (χ1) is 17.1. The molecule has 1 heterocycles. The molecule has 192 valence electrons. The topological polar surface area (TPSA) is 76.5 Å². The zero-order valence-electron chi connectivity index (χ0n) is 21.1. The van der Waals surface area contributed by atoms with Gasteiger partial charge in [0.25, 0.3) is 5.91 Å². The van der Waals surface area contributed by atoms with Crippen LogP contribution >= 0.6 is 23.2 Å². The molecule has 0 atom stereocenters. The number of ether oxygens (including phenoxy) is 1. The summed E-state index contributed by atoms with van der Waals surface area (Å²) in [6.07, 6.45) is 1.67. The van der Waals surface area contributed by atoms with E-state index < -0.39 is 0 Å². The van der Waals surface area contributed by atoms with E-state index in [0.29, 0.717) is 28.2 Å². The minimum absolute atomic E-state index is 0.0978. The third-order valence-electron chi connectivity index (χ3n) is 5.46. The molecular weight excluding hydrogens is 499 g/mol. The first-order valence-electron chi connectivity index (χ1n) is 11.9. The zero-order chi connectivity index (χ0) is 26.3. The van der Waals surface area contributed by atoms with Gasteiger partial charge in [-0.05, 0) is 55.0 Å². The summed E-state index contributed by atoms with van der Waals surface area (Å²) in [6.45, 7) is 8.38. The smallest absolute Gasteiger partial charge is 0.260 e. The molecule has 0 unspecified atom stereocenters. The van der Waals surface area contributed by atoms with Crippen LogP contribution in [-0.2, 0) is 15.0 Å². The number of nitrogens with one attached hydrogen (secondary N) is 1. The Balaban J connectivity index is 1.74. The molecule has 0 bridgehead atoms. The summed E-state index contributed by atoms with van der Waals surface area (Å²) in [7, 11) is 0. The van der Waals surface area contributed by atoms with Crippen molar-refractivity contribution < 1.29 is 14.3 Å². The highest BCUT2D eigenvalue weighted by Crippen LogP contribution is 2.27. The van der Waals surface area contributed by atoms with Gasteiger partial charge < -0.3 is 15.0 Å². The van der Waals surface area contributed by atoms with E-state index in [1.54, 1.807) is 41.1 Å². The molecule has 2 aromatic carbocycles. The Hall–Kier alpha value is -3.03. The second kappa shape index (κ2) is 12.3. The van der Waals surface area contributed by atoms with Crippen LogP contribution in [0.4, 0.5) is 5.82 Å². The van der Waals surface area contributed by atoms with Crippen LogP contribution in [0.25, 0.3) is 5.69 Å².